The standard InChI is InChI=1S/C12H18N2O3/c1-7(2)14-6-8(10(15)16)9(12(3,4)5)13-11(14)17/h6-7H,1-5H3,(H,15,16). The van der Waals surface area contributed by atoms with Crippen LogP contribution in [0.15, 0.2) is 11.0 Å². The second-order valence-electron chi connectivity index (χ2n) is 5.34. The molecule has 5 heteroatoms. The molecule has 17 heavy (non-hydrogen) atoms. The smallest absolute Gasteiger partial charge is 0.348 e. The quantitative estimate of drug-likeness (QED) is 0.853. The van der Waals surface area contributed by atoms with Gasteiger partial charge in [0.2, 0.25) is 0 Å². The molecule has 1 aromatic rings. The Morgan fingerprint density at radius 3 is 2.29 bits per heavy atom. The van der Waals surface area contributed by atoms with Crippen LogP contribution in [0.5, 0.6) is 0 Å². The molecule has 0 aliphatic carbocycles. The van der Waals surface area contributed by atoms with Crippen LogP contribution in [0.4, 0.5) is 0 Å². The lowest BCUT2D eigenvalue weighted by Gasteiger charge is -2.21. The molecule has 0 aromatic carbocycles. The monoisotopic (exact) mass is 238 g/mol. The summed E-state index contributed by atoms with van der Waals surface area (Å²) in [6.07, 6.45) is 1.38. The lowest BCUT2D eigenvalue weighted by molar-refractivity contribution is 0.0692. The van der Waals surface area contributed by atoms with Crippen LogP contribution in [-0.2, 0) is 5.41 Å². The van der Waals surface area contributed by atoms with Gasteiger partial charge in [-0.3, -0.25) is 4.57 Å². The molecule has 5 nitrogen and oxygen atoms in total. The van der Waals surface area contributed by atoms with Gasteiger partial charge < -0.3 is 5.11 Å². The highest BCUT2D eigenvalue weighted by Gasteiger charge is 2.25. The highest BCUT2D eigenvalue weighted by Crippen LogP contribution is 2.23. The summed E-state index contributed by atoms with van der Waals surface area (Å²) in [4.78, 5) is 26.9. The van der Waals surface area contributed by atoms with Crippen LogP contribution in [0.2, 0.25) is 0 Å². The minimum Gasteiger partial charge on any atom is -0.478 e. The maximum Gasteiger partial charge on any atom is 0.348 e. The highest BCUT2D eigenvalue weighted by atomic mass is 16.4. The molecular weight excluding hydrogens is 220 g/mol. The van der Waals surface area contributed by atoms with E-state index in [1.54, 1.807) is 0 Å². The molecule has 1 heterocycles. The number of aromatic carboxylic acids is 1. The van der Waals surface area contributed by atoms with Crippen molar-refractivity contribution in [2.45, 2.75) is 46.1 Å². The van der Waals surface area contributed by atoms with Gasteiger partial charge in [0.25, 0.3) is 0 Å². The van der Waals surface area contributed by atoms with Crippen molar-refractivity contribution in [2.75, 3.05) is 0 Å². The fraction of sp³-hybridized carbons (Fsp3) is 0.583. The predicted octanol–water partition coefficient (Wildman–Crippen LogP) is 1.82. The highest BCUT2D eigenvalue weighted by molar-refractivity contribution is 5.88. The topological polar surface area (TPSA) is 72.2 Å². The summed E-state index contributed by atoms with van der Waals surface area (Å²) in [5.74, 6) is -1.06. The Morgan fingerprint density at radius 1 is 1.41 bits per heavy atom. The van der Waals surface area contributed by atoms with E-state index in [0.29, 0.717) is 5.69 Å². The zero-order valence-corrected chi connectivity index (χ0v) is 10.8. The second-order valence-corrected chi connectivity index (χ2v) is 5.34. The number of carbonyl (C=O) groups is 1. The first-order valence-electron chi connectivity index (χ1n) is 5.51. The Balaban J connectivity index is 3.59. The van der Waals surface area contributed by atoms with Gasteiger partial charge in [-0.25, -0.2) is 9.59 Å². The average Bonchev–Trinajstić information content (AvgIpc) is 2.14. The first-order valence-corrected chi connectivity index (χ1v) is 5.51. The van der Waals surface area contributed by atoms with Crippen LogP contribution >= 0.6 is 0 Å². The van der Waals surface area contributed by atoms with Gasteiger partial charge in [-0.15, -0.1) is 0 Å². The fourth-order valence-corrected chi connectivity index (χ4v) is 1.57. The van der Waals surface area contributed by atoms with Crippen molar-refractivity contribution in [3.05, 3.63) is 27.9 Å². The van der Waals surface area contributed by atoms with Gasteiger partial charge in [-0.1, -0.05) is 20.8 Å². The third-order valence-corrected chi connectivity index (χ3v) is 2.45. The number of rotatable bonds is 2. The van der Waals surface area contributed by atoms with Crippen molar-refractivity contribution in [1.82, 2.24) is 9.55 Å². The molecule has 0 unspecified atom stereocenters. The molecule has 1 N–H and O–H groups in total. The molecule has 0 bridgehead atoms. The Morgan fingerprint density at radius 2 is 1.94 bits per heavy atom. The third kappa shape index (κ3) is 2.72. The van der Waals surface area contributed by atoms with Crippen molar-refractivity contribution < 1.29 is 9.90 Å². The zero-order chi connectivity index (χ0) is 13.4. The minimum atomic E-state index is -1.06. The fourth-order valence-electron chi connectivity index (χ4n) is 1.57. The number of nitrogens with zero attached hydrogens (tertiary/aromatic N) is 2. The van der Waals surface area contributed by atoms with Gasteiger partial charge >= 0.3 is 11.7 Å². The van der Waals surface area contributed by atoms with Crippen LogP contribution in [0.3, 0.4) is 0 Å². The van der Waals surface area contributed by atoms with Gasteiger partial charge in [0.1, 0.15) is 0 Å². The van der Waals surface area contributed by atoms with Crippen LogP contribution in [0.25, 0.3) is 0 Å². The third-order valence-electron chi connectivity index (χ3n) is 2.45. The van der Waals surface area contributed by atoms with E-state index in [2.05, 4.69) is 4.98 Å². The largest absolute Gasteiger partial charge is 0.478 e. The Kier molecular flexibility index (Phi) is 3.40. The first kappa shape index (κ1) is 13.4. The van der Waals surface area contributed by atoms with Gasteiger partial charge in [-0.2, -0.15) is 4.98 Å². The van der Waals surface area contributed by atoms with E-state index >= 15 is 0 Å². The molecular formula is C12H18N2O3. The summed E-state index contributed by atoms with van der Waals surface area (Å²) in [6.45, 7) is 9.12. The zero-order valence-electron chi connectivity index (χ0n) is 10.8. The molecule has 0 aliphatic rings. The molecule has 0 saturated carbocycles. The van der Waals surface area contributed by atoms with Gasteiger partial charge in [0, 0.05) is 17.7 Å². The van der Waals surface area contributed by atoms with Gasteiger partial charge in [-0.05, 0) is 13.8 Å². The van der Waals surface area contributed by atoms with Crippen molar-refractivity contribution in [2.24, 2.45) is 0 Å². The molecule has 0 spiro atoms. The number of hydrogen-bond donors (Lipinski definition) is 1. The van der Waals surface area contributed by atoms with E-state index in [-0.39, 0.29) is 11.6 Å². The second kappa shape index (κ2) is 4.31. The van der Waals surface area contributed by atoms with E-state index in [4.69, 9.17) is 0 Å². The number of carboxylic acids is 1. The molecule has 1 aromatic heterocycles. The maximum atomic E-state index is 11.8. The molecule has 0 saturated heterocycles. The van der Waals surface area contributed by atoms with Crippen LogP contribution in [0, 0.1) is 0 Å². The van der Waals surface area contributed by atoms with Gasteiger partial charge in [0.15, 0.2) is 0 Å². The Labute approximate surface area is 100 Å². The Hall–Kier alpha value is -1.65. The summed E-state index contributed by atoms with van der Waals surface area (Å²) in [6, 6.07) is -0.109. The summed E-state index contributed by atoms with van der Waals surface area (Å²) in [7, 11) is 0. The number of hydrogen-bond acceptors (Lipinski definition) is 3. The Bertz CT molecular complexity index is 495. The number of carboxylic acid groups (broad SMARTS) is 1. The van der Waals surface area contributed by atoms with E-state index in [1.807, 2.05) is 34.6 Å². The summed E-state index contributed by atoms with van der Waals surface area (Å²) in [5.41, 5.74) is -0.462. The summed E-state index contributed by atoms with van der Waals surface area (Å²) < 4.78 is 1.33. The van der Waals surface area contributed by atoms with E-state index in [9.17, 15) is 14.7 Å². The van der Waals surface area contributed by atoms with Crippen molar-refractivity contribution >= 4 is 5.97 Å². The van der Waals surface area contributed by atoms with E-state index < -0.39 is 17.1 Å². The lowest BCUT2D eigenvalue weighted by atomic mass is 9.89. The van der Waals surface area contributed by atoms with Crippen LogP contribution in [0.1, 0.15) is 56.7 Å². The molecule has 0 amide bonds. The summed E-state index contributed by atoms with van der Waals surface area (Å²) in [5, 5.41) is 9.17. The number of aromatic nitrogens is 2. The normalized spacial score (nSPS) is 11.9. The molecule has 0 aliphatic heterocycles. The van der Waals surface area contributed by atoms with Gasteiger partial charge in [0.05, 0.1) is 11.3 Å². The molecule has 1 rings (SSSR count). The van der Waals surface area contributed by atoms with Crippen LogP contribution in [-0.4, -0.2) is 20.6 Å². The van der Waals surface area contributed by atoms with E-state index in [1.165, 1.54) is 10.8 Å². The van der Waals surface area contributed by atoms with Crippen molar-refractivity contribution in [3.8, 4) is 0 Å². The molecule has 0 fully saturated rings. The van der Waals surface area contributed by atoms with E-state index in [0.717, 1.165) is 0 Å². The first-order chi connectivity index (χ1) is 7.64. The average molecular weight is 238 g/mol. The molecule has 94 valence electrons. The van der Waals surface area contributed by atoms with Crippen molar-refractivity contribution in [1.29, 1.82) is 0 Å². The molecule has 0 radical (unpaired) electrons. The molecule has 0 atom stereocenters. The minimum absolute atomic E-state index is 0.0887. The maximum absolute atomic E-state index is 11.8. The SMILES string of the molecule is CC(C)n1cc(C(=O)O)c(C(C)(C)C)nc1=O. The summed E-state index contributed by atoms with van der Waals surface area (Å²) >= 11 is 0. The van der Waals surface area contributed by atoms with Crippen LogP contribution < -0.4 is 5.69 Å². The lowest BCUT2D eigenvalue weighted by Crippen LogP contribution is -2.31. The predicted molar refractivity (Wildman–Crippen MR) is 64.5 cm³/mol. The van der Waals surface area contributed by atoms with Crippen molar-refractivity contribution in [3.63, 3.8) is 0 Å².